The van der Waals surface area contributed by atoms with Crippen molar-refractivity contribution in [3.63, 3.8) is 0 Å². The lowest BCUT2D eigenvalue weighted by atomic mass is 9.50. The largest absolute Gasteiger partial charge is 0.352 e. The van der Waals surface area contributed by atoms with E-state index in [0.29, 0.717) is 5.92 Å². The molecule has 4 fully saturated rings. The molecule has 0 spiro atoms. The van der Waals surface area contributed by atoms with Crippen molar-refractivity contribution in [1.29, 1.82) is 0 Å². The number of hydrogen-bond acceptors (Lipinski definition) is 2. The maximum Gasteiger partial charge on any atom is 0.181 e. The first kappa shape index (κ1) is 12.6. The third kappa shape index (κ3) is 2.12. The molecule has 3 nitrogen and oxygen atoms in total. The fraction of sp³-hybridized carbons (Fsp3) is 0.706. The molecule has 4 aliphatic carbocycles. The predicted octanol–water partition coefficient (Wildman–Crippen LogP) is 2.25. The van der Waals surface area contributed by atoms with Gasteiger partial charge in [0.15, 0.2) is 5.43 Å². The van der Waals surface area contributed by atoms with E-state index in [9.17, 15) is 4.79 Å². The summed E-state index contributed by atoms with van der Waals surface area (Å²) in [5.41, 5.74) is 6.64. The Labute approximate surface area is 120 Å². The number of pyridine rings is 1. The third-order valence-electron chi connectivity index (χ3n) is 6.08. The summed E-state index contributed by atoms with van der Waals surface area (Å²) in [5.74, 6) is 4.48. The predicted molar refractivity (Wildman–Crippen MR) is 79.2 cm³/mol. The van der Waals surface area contributed by atoms with Gasteiger partial charge in [-0.1, -0.05) is 0 Å². The van der Waals surface area contributed by atoms with Gasteiger partial charge in [0.1, 0.15) is 0 Å². The van der Waals surface area contributed by atoms with Crippen LogP contribution in [0.5, 0.6) is 0 Å². The van der Waals surface area contributed by atoms with Gasteiger partial charge in [0.05, 0.1) is 0 Å². The molecule has 0 aliphatic heterocycles. The van der Waals surface area contributed by atoms with Crippen molar-refractivity contribution in [2.24, 2.45) is 35.3 Å². The highest BCUT2D eigenvalue weighted by Crippen LogP contribution is 2.57. The Morgan fingerprint density at radius 2 is 1.60 bits per heavy atom. The summed E-state index contributed by atoms with van der Waals surface area (Å²) < 4.78 is 2.08. The zero-order chi connectivity index (χ0) is 13.7. The minimum atomic E-state index is 0.0736. The number of hydrogen-bond donors (Lipinski definition) is 1. The molecule has 4 saturated carbocycles. The van der Waals surface area contributed by atoms with Gasteiger partial charge in [0.25, 0.3) is 0 Å². The van der Waals surface area contributed by atoms with Gasteiger partial charge in [-0.15, -0.1) is 0 Å². The monoisotopic (exact) mass is 272 g/mol. The van der Waals surface area contributed by atoms with Crippen molar-refractivity contribution in [2.45, 2.75) is 44.7 Å². The van der Waals surface area contributed by atoms with Crippen LogP contribution in [0.3, 0.4) is 0 Å². The Bertz CT molecular complexity index is 502. The molecule has 0 aromatic carbocycles. The van der Waals surface area contributed by atoms with Crippen LogP contribution in [0.25, 0.3) is 0 Å². The highest BCUT2D eigenvalue weighted by Gasteiger charge is 2.49. The summed E-state index contributed by atoms with van der Waals surface area (Å²) in [5, 5.41) is 0. The Morgan fingerprint density at radius 3 is 2.15 bits per heavy atom. The SMILES string of the molecule is NC(Cn1ccc(=O)cc1)C1C2CC3CC(C2)CC1C3. The second-order valence-electron chi connectivity index (χ2n) is 7.40. The Hall–Kier alpha value is -1.09. The van der Waals surface area contributed by atoms with Gasteiger partial charge < -0.3 is 10.3 Å². The number of rotatable bonds is 3. The Morgan fingerprint density at radius 1 is 1.05 bits per heavy atom. The lowest BCUT2D eigenvalue weighted by molar-refractivity contribution is -0.0485. The first-order chi connectivity index (χ1) is 9.69. The first-order valence-electron chi connectivity index (χ1n) is 8.10. The van der Waals surface area contributed by atoms with E-state index in [-0.39, 0.29) is 11.5 Å². The van der Waals surface area contributed by atoms with Gasteiger partial charge in [0, 0.05) is 37.1 Å². The quantitative estimate of drug-likeness (QED) is 0.917. The van der Waals surface area contributed by atoms with Gasteiger partial charge >= 0.3 is 0 Å². The fourth-order valence-corrected chi connectivity index (χ4v) is 5.60. The van der Waals surface area contributed by atoms with Crippen LogP contribution in [0.4, 0.5) is 0 Å². The van der Waals surface area contributed by atoms with E-state index in [2.05, 4.69) is 4.57 Å². The molecule has 3 heteroatoms. The van der Waals surface area contributed by atoms with Crippen LogP contribution in [0.15, 0.2) is 29.3 Å². The molecule has 5 rings (SSSR count). The molecule has 108 valence electrons. The van der Waals surface area contributed by atoms with Crippen LogP contribution >= 0.6 is 0 Å². The zero-order valence-corrected chi connectivity index (χ0v) is 11.9. The third-order valence-corrected chi connectivity index (χ3v) is 6.08. The van der Waals surface area contributed by atoms with Crippen LogP contribution in [0.2, 0.25) is 0 Å². The number of nitrogens with two attached hydrogens (primary N) is 1. The van der Waals surface area contributed by atoms with Crippen molar-refractivity contribution in [3.8, 4) is 0 Å². The fourth-order valence-electron chi connectivity index (χ4n) is 5.60. The summed E-state index contributed by atoms with van der Waals surface area (Å²) >= 11 is 0. The Balaban J connectivity index is 1.49. The van der Waals surface area contributed by atoms with Crippen LogP contribution in [0, 0.1) is 29.6 Å². The highest BCUT2D eigenvalue weighted by atomic mass is 16.1. The molecule has 1 heterocycles. The summed E-state index contributed by atoms with van der Waals surface area (Å²) in [7, 11) is 0. The second kappa shape index (κ2) is 4.73. The zero-order valence-electron chi connectivity index (χ0n) is 11.9. The van der Waals surface area contributed by atoms with E-state index in [0.717, 1.165) is 30.2 Å². The highest BCUT2D eigenvalue weighted by molar-refractivity contribution is 5.02. The smallest absolute Gasteiger partial charge is 0.181 e. The molecule has 4 aliphatic rings. The molecule has 0 amide bonds. The average Bonchev–Trinajstić information content (AvgIpc) is 2.40. The average molecular weight is 272 g/mol. The molecule has 1 aromatic rings. The lowest BCUT2D eigenvalue weighted by Crippen LogP contribution is -2.52. The topological polar surface area (TPSA) is 48.0 Å². The van der Waals surface area contributed by atoms with Crippen LogP contribution in [-0.2, 0) is 6.54 Å². The normalized spacial score (nSPS) is 40.0. The van der Waals surface area contributed by atoms with Crippen LogP contribution < -0.4 is 11.2 Å². The van der Waals surface area contributed by atoms with E-state index in [1.54, 1.807) is 12.1 Å². The molecule has 1 aromatic heterocycles. The van der Waals surface area contributed by atoms with E-state index in [4.69, 9.17) is 5.73 Å². The lowest BCUT2D eigenvalue weighted by Gasteiger charge is -2.56. The van der Waals surface area contributed by atoms with E-state index < -0.39 is 0 Å². The molecule has 1 atom stereocenters. The van der Waals surface area contributed by atoms with E-state index in [1.165, 1.54) is 32.1 Å². The minimum Gasteiger partial charge on any atom is -0.352 e. The minimum absolute atomic E-state index is 0.0736. The van der Waals surface area contributed by atoms with Crippen molar-refractivity contribution in [1.82, 2.24) is 4.57 Å². The van der Waals surface area contributed by atoms with Crippen molar-refractivity contribution >= 4 is 0 Å². The van der Waals surface area contributed by atoms with Crippen LogP contribution in [0.1, 0.15) is 32.1 Å². The van der Waals surface area contributed by atoms with Gasteiger partial charge in [-0.25, -0.2) is 0 Å². The molecule has 2 N–H and O–H groups in total. The molecule has 0 saturated heterocycles. The maximum atomic E-state index is 11.2. The first-order valence-corrected chi connectivity index (χ1v) is 8.10. The summed E-state index contributed by atoms with van der Waals surface area (Å²) in [6, 6.07) is 3.50. The van der Waals surface area contributed by atoms with Gasteiger partial charge in [-0.3, -0.25) is 4.79 Å². The summed E-state index contributed by atoms with van der Waals surface area (Å²) in [6.07, 6.45) is 10.9. The summed E-state index contributed by atoms with van der Waals surface area (Å²) in [4.78, 5) is 11.2. The summed E-state index contributed by atoms with van der Waals surface area (Å²) in [6.45, 7) is 0.854. The van der Waals surface area contributed by atoms with Gasteiger partial charge in [-0.05, 0) is 61.7 Å². The molecular formula is C17H24N2O. The molecule has 1 unspecified atom stereocenters. The number of nitrogens with zero attached hydrogens (tertiary/aromatic N) is 1. The van der Waals surface area contributed by atoms with Crippen molar-refractivity contribution < 1.29 is 0 Å². The van der Waals surface area contributed by atoms with Crippen LogP contribution in [-0.4, -0.2) is 10.6 Å². The van der Waals surface area contributed by atoms with E-state index in [1.807, 2.05) is 12.4 Å². The second-order valence-corrected chi connectivity index (χ2v) is 7.40. The standard InChI is InChI=1S/C17H24N2O/c18-16(10-19-3-1-15(20)2-4-19)17-13-6-11-5-12(8-13)9-14(17)7-11/h1-4,11-14,16-17H,5-10,18H2. The number of aromatic nitrogens is 1. The Kier molecular flexibility index (Phi) is 2.99. The molecule has 0 radical (unpaired) electrons. The van der Waals surface area contributed by atoms with Gasteiger partial charge in [0.2, 0.25) is 0 Å². The molecular weight excluding hydrogens is 248 g/mol. The molecule has 4 bridgehead atoms. The van der Waals surface area contributed by atoms with E-state index >= 15 is 0 Å². The molecule has 20 heavy (non-hydrogen) atoms. The van der Waals surface area contributed by atoms with Crippen molar-refractivity contribution in [3.05, 3.63) is 34.7 Å². The maximum absolute atomic E-state index is 11.2. The van der Waals surface area contributed by atoms with Crippen molar-refractivity contribution in [2.75, 3.05) is 0 Å². The van der Waals surface area contributed by atoms with Gasteiger partial charge in [-0.2, -0.15) is 0 Å².